The zero-order chi connectivity index (χ0) is 14.5. The summed E-state index contributed by atoms with van der Waals surface area (Å²) in [5.41, 5.74) is 7.84. The average molecular weight is 264 g/mol. The number of nitrogen functional groups attached to an aromatic ring is 1. The van der Waals surface area contributed by atoms with Crippen LogP contribution in [0, 0.1) is 12.3 Å². The van der Waals surface area contributed by atoms with Crippen LogP contribution in [0.1, 0.15) is 42.6 Å². The molecule has 1 aromatic carbocycles. The molecule has 0 aliphatic heterocycles. The zero-order valence-electron chi connectivity index (χ0n) is 12.0. The second-order valence-electron chi connectivity index (χ2n) is 5.69. The van der Waals surface area contributed by atoms with Crippen molar-refractivity contribution in [3.05, 3.63) is 29.3 Å². The minimum atomic E-state index is -0.0955. The van der Waals surface area contributed by atoms with Crippen LogP contribution in [0.15, 0.2) is 18.2 Å². The summed E-state index contributed by atoms with van der Waals surface area (Å²) in [4.78, 5) is 12.1. The molecule has 1 rings (SSSR count). The van der Waals surface area contributed by atoms with Crippen molar-refractivity contribution in [3.8, 4) is 0 Å². The summed E-state index contributed by atoms with van der Waals surface area (Å²) in [5, 5.41) is 11.8. The second-order valence-corrected chi connectivity index (χ2v) is 5.69. The van der Waals surface area contributed by atoms with Gasteiger partial charge in [-0.1, -0.05) is 19.9 Å². The molecule has 1 amide bonds. The highest BCUT2D eigenvalue weighted by Gasteiger charge is 2.19. The van der Waals surface area contributed by atoms with Crippen LogP contribution in [-0.2, 0) is 0 Å². The summed E-state index contributed by atoms with van der Waals surface area (Å²) >= 11 is 0. The van der Waals surface area contributed by atoms with Crippen molar-refractivity contribution in [2.45, 2.75) is 33.6 Å². The van der Waals surface area contributed by atoms with Crippen molar-refractivity contribution < 1.29 is 9.90 Å². The van der Waals surface area contributed by atoms with Crippen molar-refractivity contribution in [1.29, 1.82) is 0 Å². The summed E-state index contributed by atoms with van der Waals surface area (Å²) in [6.07, 6.45) is 1.62. The molecule has 0 atom stereocenters. The second kappa shape index (κ2) is 6.57. The lowest BCUT2D eigenvalue weighted by Crippen LogP contribution is -2.34. The number of nitrogens with two attached hydrogens (primary N) is 1. The number of hydrogen-bond acceptors (Lipinski definition) is 3. The lowest BCUT2D eigenvalue weighted by Gasteiger charge is -2.24. The first-order valence-corrected chi connectivity index (χ1v) is 6.61. The van der Waals surface area contributed by atoms with Gasteiger partial charge in [0.05, 0.1) is 0 Å². The standard InChI is InChI=1S/C15H24N2O2/c1-11-12(6-4-7-13(11)16)14(19)17-10-15(2,3)8-5-9-18/h4,6-7,18H,5,8-10,16H2,1-3H3,(H,17,19). The molecule has 19 heavy (non-hydrogen) atoms. The molecule has 1 aromatic rings. The highest BCUT2D eigenvalue weighted by Crippen LogP contribution is 2.21. The van der Waals surface area contributed by atoms with Crippen LogP contribution < -0.4 is 11.1 Å². The minimum Gasteiger partial charge on any atom is -0.398 e. The Morgan fingerprint density at radius 2 is 2.11 bits per heavy atom. The van der Waals surface area contributed by atoms with E-state index in [1.165, 1.54) is 0 Å². The van der Waals surface area contributed by atoms with Gasteiger partial charge < -0.3 is 16.2 Å². The Bertz CT molecular complexity index is 442. The molecule has 0 radical (unpaired) electrons. The first kappa shape index (κ1) is 15.5. The van der Waals surface area contributed by atoms with Gasteiger partial charge in [-0.25, -0.2) is 0 Å². The summed E-state index contributed by atoms with van der Waals surface area (Å²) in [5.74, 6) is -0.0955. The molecule has 0 bridgehead atoms. The highest BCUT2D eigenvalue weighted by molar-refractivity contribution is 5.96. The number of carbonyl (C=O) groups excluding carboxylic acids is 1. The summed E-state index contributed by atoms with van der Waals surface area (Å²) in [6.45, 7) is 6.78. The molecule has 0 spiro atoms. The molecule has 0 heterocycles. The molecule has 0 saturated carbocycles. The van der Waals surface area contributed by atoms with E-state index in [1.54, 1.807) is 18.2 Å². The fraction of sp³-hybridized carbons (Fsp3) is 0.533. The maximum absolute atomic E-state index is 12.1. The molecule has 4 nitrogen and oxygen atoms in total. The van der Waals surface area contributed by atoms with E-state index in [9.17, 15) is 4.79 Å². The Morgan fingerprint density at radius 3 is 2.74 bits per heavy atom. The third kappa shape index (κ3) is 4.56. The monoisotopic (exact) mass is 264 g/mol. The van der Waals surface area contributed by atoms with Gasteiger partial charge in [0.25, 0.3) is 5.91 Å². The van der Waals surface area contributed by atoms with Crippen molar-refractivity contribution in [2.75, 3.05) is 18.9 Å². The normalized spacial score (nSPS) is 11.4. The fourth-order valence-electron chi connectivity index (χ4n) is 1.96. The van der Waals surface area contributed by atoms with Gasteiger partial charge in [-0.15, -0.1) is 0 Å². The van der Waals surface area contributed by atoms with Gasteiger partial charge in [0.2, 0.25) is 0 Å². The quantitative estimate of drug-likeness (QED) is 0.689. The molecule has 4 heteroatoms. The number of hydrogen-bond donors (Lipinski definition) is 3. The van der Waals surface area contributed by atoms with E-state index in [-0.39, 0.29) is 17.9 Å². The van der Waals surface area contributed by atoms with Crippen LogP contribution in [0.4, 0.5) is 5.69 Å². The van der Waals surface area contributed by atoms with Crippen LogP contribution in [-0.4, -0.2) is 24.2 Å². The van der Waals surface area contributed by atoms with Crippen LogP contribution >= 0.6 is 0 Å². The van der Waals surface area contributed by atoms with E-state index in [0.717, 1.165) is 18.4 Å². The van der Waals surface area contributed by atoms with Crippen molar-refractivity contribution in [2.24, 2.45) is 5.41 Å². The van der Waals surface area contributed by atoms with Gasteiger partial charge in [0, 0.05) is 24.4 Å². The Morgan fingerprint density at radius 1 is 1.42 bits per heavy atom. The van der Waals surface area contributed by atoms with E-state index in [1.807, 2.05) is 6.92 Å². The third-order valence-corrected chi connectivity index (χ3v) is 3.36. The summed E-state index contributed by atoms with van der Waals surface area (Å²) in [7, 11) is 0. The molecule has 0 aliphatic rings. The first-order chi connectivity index (χ1) is 8.87. The van der Waals surface area contributed by atoms with Crippen LogP contribution in [0.2, 0.25) is 0 Å². The molecular formula is C15H24N2O2. The molecule has 0 aliphatic carbocycles. The number of aliphatic hydroxyl groups excluding tert-OH is 1. The van der Waals surface area contributed by atoms with Gasteiger partial charge in [-0.05, 0) is 42.9 Å². The Balaban J connectivity index is 2.63. The number of aliphatic hydroxyl groups is 1. The number of carbonyl (C=O) groups is 1. The van der Waals surface area contributed by atoms with Crippen molar-refractivity contribution >= 4 is 11.6 Å². The fourth-order valence-corrected chi connectivity index (χ4v) is 1.96. The molecule has 0 fully saturated rings. The largest absolute Gasteiger partial charge is 0.398 e. The highest BCUT2D eigenvalue weighted by atomic mass is 16.2. The van der Waals surface area contributed by atoms with E-state index in [2.05, 4.69) is 19.2 Å². The van der Waals surface area contributed by atoms with Crippen LogP contribution in [0.3, 0.4) is 0 Å². The smallest absolute Gasteiger partial charge is 0.251 e. The molecule has 0 aromatic heterocycles. The van der Waals surface area contributed by atoms with E-state index >= 15 is 0 Å². The minimum absolute atomic E-state index is 0.0212. The van der Waals surface area contributed by atoms with Gasteiger partial charge in [-0.2, -0.15) is 0 Å². The SMILES string of the molecule is Cc1c(N)cccc1C(=O)NCC(C)(C)CCCO. The predicted octanol–water partition coefficient (Wildman–Crippen LogP) is 2.11. The number of anilines is 1. The lowest BCUT2D eigenvalue weighted by atomic mass is 9.88. The zero-order valence-corrected chi connectivity index (χ0v) is 12.0. The topological polar surface area (TPSA) is 75.4 Å². The van der Waals surface area contributed by atoms with E-state index in [4.69, 9.17) is 10.8 Å². The number of nitrogens with one attached hydrogen (secondary N) is 1. The van der Waals surface area contributed by atoms with E-state index in [0.29, 0.717) is 17.8 Å². The average Bonchev–Trinajstić information content (AvgIpc) is 2.37. The predicted molar refractivity (Wildman–Crippen MR) is 78.0 cm³/mol. The van der Waals surface area contributed by atoms with Gasteiger partial charge in [0.15, 0.2) is 0 Å². The lowest BCUT2D eigenvalue weighted by molar-refractivity contribution is 0.0932. The summed E-state index contributed by atoms with van der Waals surface area (Å²) < 4.78 is 0. The van der Waals surface area contributed by atoms with Gasteiger partial charge in [-0.3, -0.25) is 4.79 Å². The maximum atomic E-state index is 12.1. The Hall–Kier alpha value is -1.55. The van der Waals surface area contributed by atoms with Crippen molar-refractivity contribution in [3.63, 3.8) is 0 Å². The molecule has 0 unspecified atom stereocenters. The van der Waals surface area contributed by atoms with Gasteiger partial charge >= 0.3 is 0 Å². The maximum Gasteiger partial charge on any atom is 0.251 e. The number of amides is 1. The molecule has 106 valence electrons. The van der Waals surface area contributed by atoms with Crippen LogP contribution in [0.25, 0.3) is 0 Å². The number of benzene rings is 1. The Kier molecular flexibility index (Phi) is 5.36. The van der Waals surface area contributed by atoms with Crippen molar-refractivity contribution in [1.82, 2.24) is 5.32 Å². The Labute approximate surface area is 115 Å². The van der Waals surface area contributed by atoms with E-state index < -0.39 is 0 Å². The first-order valence-electron chi connectivity index (χ1n) is 6.61. The summed E-state index contributed by atoms with van der Waals surface area (Å²) in [6, 6.07) is 5.35. The van der Waals surface area contributed by atoms with Crippen LogP contribution in [0.5, 0.6) is 0 Å². The third-order valence-electron chi connectivity index (χ3n) is 3.36. The van der Waals surface area contributed by atoms with Gasteiger partial charge in [0.1, 0.15) is 0 Å². The number of rotatable bonds is 6. The molecule has 4 N–H and O–H groups in total. The molecule has 0 saturated heterocycles. The molecular weight excluding hydrogens is 240 g/mol.